The summed E-state index contributed by atoms with van der Waals surface area (Å²) in [5.74, 6) is 0. The first kappa shape index (κ1) is 27.3. The highest BCUT2D eigenvalue weighted by Crippen LogP contribution is 0.862. The fourth-order valence-corrected chi connectivity index (χ4v) is 0. The minimum atomic E-state index is 0. The second-order valence-electron chi connectivity index (χ2n) is 0. The zero-order chi connectivity index (χ0) is 2.00. The van der Waals surface area contributed by atoms with Crippen LogP contribution >= 0.6 is 24.8 Å². The molecule has 0 aromatic rings. The maximum Gasteiger partial charge on any atom is -0.106 e. The van der Waals surface area contributed by atoms with Crippen molar-refractivity contribution < 1.29 is 0 Å². The maximum atomic E-state index is 3.00. The van der Waals surface area contributed by atoms with Crippen LogP contribution in [0.1, 0.15) is 0 Å². The third-order valence-corrected chi connectivity index (χ3v) is 0. The van der Waals surface area contributed by atoms with Gasteiger partial charge in [-0.1, -0.05) is 0 Å². The van der Waals surface area contributed by atoms with Gasteiger partial charge in [-0.05, 0) is 0 Å². The molecule has 0 N–H and O–H groups in total. The van der Waals surface area contributed by atoms with E-state index in [9.17, 15) is 0 Å². The highest BCUT2D eigenvalue weighted by atomic mass is 35.5. The molecule has 0 nitrogen and oxygen atoms in total. The van der Waals surface area contributed by atoms with Crippen molar-refractivity contribution in [2.75, 3.05) is 0 Å². The first-order chi connectivity index (χ1) is 1.00. The average molecular weight is 101 g/mol. The highest BCUT2D eigenvalue weighted by Gasteiger charge is 0.601. The minimum absolute atomic E-state index is 0. The lowest BCUT2D eigenvalue weighted by atomic mass is 11.3. The predicted molar refractivity (Wildman–Crippen MR) is 25.7 cm³/mol. The van der Waals surface area contributed by atoms with Crippen molar-refractivity contribution in [3.05, 3.63) is 13.2 Å². The number of halogens is 2. The quantitative estimate of drug-likeness (QED) is 0.407. The highest BCUT2D eigenvalue weighted by molar-refractivity contribution is 5.85. The maximum absolute atomic E-state index is 3.00. The van der Waals surface area contributed by atoms with Crippen molar-refractivity contribution in [1.29, 1.82) is 0 Å². The second kappa shape index (κ2) is 175. The molecule has 0 atom stereocenters. The van der Waals surface area contributed by atoms with E-state index in [4.69, 9.17) is 0 Å². The van der Waals surface area contributed by atoms with E-state index in [1.807, 2.05) is 0 Å². The molecule has 4 heavy (non-hydrogen) atoms. The van der Waals surface area contributed by atoms with Gasteiger partial charge in [0.15, 0.2) is 0 Å². The molecule has 0 saturated carbocycles. The Bertz CT molecular complexity index is 4.00. The van der Waals surface area contributed by atoms with E-state index >= 15 is 0 Å². The molecule has 0 aliphatic heterocycles. The molecule has 28 valence electrons. The first-order valence-corrected chi connectivity index (χ1v) is 0.500. The molecular formula is C2H6Cl2. The Hall–Kier alpha value is 0.320. The van der Waals surface area contributed by atoms with Crippen molar-refractivity contribution in [2.24, 2.45) is 0 Å². The van der Waals surface area contributed by atoms with Gasteiger partial charge in [-0.25, -0.2) is 0 Å². The Morgan fingerprint density at radius 3 is 0.750 bits per heavy atom. The molecule has 0 aromatic heterocycles. The molecule has 0 bridgehead atoms. The van der Waals surface area contributed by atoms with Gasteiger partial charge in [0.1, 0.15) is 0 Å². The standard InChI is InChI=1S/C2H4.2ClH/c1-2;;/h1-2H2;2*1H. The van der Waals surface area contributed by atoms with Crippen LogP contribution < -0.4 is 0 Å². The van der Waals surface area contributed by atoms with Crippen LogP contribution in [0.4, 0.5) is 0 Å². The molecule has 0 unspecified atom stereocenters. The van der Waals surface area contributed by atoms with Gasteiger partial charge in [0, 0.05) is 0 Å². The van der Waals surface area contributed by atoms with Crippen LogP contribution in [0, 0.1) is 0 Å². The van der Waals surface area contributed by atoms with E-state index in [1.165, 1.54) is 0 Å². The lowest BCUT2D eigenvalue weighted by Gasteiger charge is -0.813. The van der Waals surface area contributed by atoms with E-state index in [2.05, 4.69) is 13.2 Å². The van der Waals surface area contributed by atoms with Crippen LogP contribution in [0.3, 0.4) is 0 Å². The average Bonchev–Trinajstić information content (AvgIpc) is 1.00. The molecular weight excluding hydrogens is 94.9 g/mol. The van der Waals surface area contributed by atoms with Gasteiger partial charge in [0.05, 0.1) is 0 Å². The number of hydrogen-bond donors (Lipinski definition) is 0. The van der Waals surface area contributed by atoms with E-state index in [1.54, 1.807) is 0 Å². The summed E-state index contributed by atoms with van der Waals surface area (Å²) in [6, 6.07) is 0. The van der Waals surface area contributed by atoms with Gasteiger partial charge in [-0.2, -0.15) is 0 Å². The molecule has 0 saturated heterocycles. The molecule has 0 aromatic carbocycles. The van der Waals surface area contributed by atoms with E-state index < -0.39 is 0 Å². The van der Waals surface area contributed by atoms with Gasteiger partial charge in [0.25, 0.3) is 0 Å². The molecule has 0 heterocycles. The summed E-state index contributed by atoms with van der Waals surface area (Å²) >= 11 is 0. The minimum Gasteiger partial charge on any atom is -0.147 e. The number of rotatable bonds is 0. The van der Waals surface area contributed by atoms with Crippen LogP contribution in [0.15, 0.2) is 13.2 Å². The van der Waals surface area contributed by atoms with E-state index in [0.717, 1.165) is 0 Å². The van der Waals surface area contributed by atoms with Crippen molar-refractivity contribution in [2.45, 2.75) is 0 Å². The van der Waals surface area contributed by atoms with Crippen LogP contribution in [-0.2, 0) is 0 Å². The van der Waals surface area contributed by atoms with Crippen LogP contribution in [-0.4, -0.2) is 0 Å². The van der Waals surface area contributed by atoms with Gasteiger partial charge < -0.3 is 0 Å². The molecule has 0 aliphatic carbocycles. The zero-order valence-electron chi connectivity index (χ0n) is 2.23. The van der Waals surface area contributed by atoms with E-state index in [-0.39, 0.29) is 24.8 Å². The van der Waals surface area contributed by atoms with Crippen LogP contribution in [0.2, 0.25) is 0 Å². The van der Waals surface area contributed by atoms with Crippen molar-refractivity contribution in [3.8, 4) is 0 Å². The summed E-state index contributed by atoms with van der Waals surface area (Å²) in [6.07, 6.45) is 0. The normalized spacial score (nSPS) is 1.00. The summed E-state index contributed by atoms with van der Waals surface area (Å²) in [6.45, 7) is 6.00. The van der Waals surface area contributed by atoms with Crippen molar-refractivity contribution in [3.63, 3.8) is 0 Å². The third kappa shape index (κ3) is 39.5. The smallest absolute Gasteiger partial charge is 0.106 e. The molecule has 0 amide bonds. The Morgan fingerprint density at radius 2 is 0.750 bits per heavy atom. The summed E-state index contributed by atoms with van der Waals surface area (Å²) in [4.78, 5) is 0. The van der Waals surface area contributed by atoms with Crippen molar-refractivity contribution >= 4 is 24.8 Å². The molecule has 0 spiro atoms. The Balaban J connectivity index is -0.00000000500. The number of hydrogen-bond acceptors (Lipinski definition) is 0. The largest absolute Gasteiger partial charge is 0.147 e. The Kier molecular flexibility index (Phi) is 1190. The topological polar surface area (TPSA) is 0 Å². The first-order valence-electron chi connectivity index (χ1n) is 0.500. The lowest BCUT2D eigenvalue weighted by molar-refractivity contribution is 2.81. The Morgan fingerprint density at radius 1 is 0.750 bits per heavy atom. The SMILES string of the molecule is C=C.Cl.Cl. The molecule has 0 rings (SSSR count). The summed E-state index contributed by atoms with van der Waals surface area (Å²) in [5, 5.41) is 0. The lowest BCUT2D eigenvalue weighted by Crippen LogP contribution is -0.552. The van der Waals surface area contributed by atoms with E-state index in [0.29, 0.717) is 0 Å². The third-order valence-electron chi connectivity index (χ3n) is 0. The molecule has 2 heteroatoms. The van der Waals surface area contributed by atoms with Gasteiger partial charge in [-0.3, -0.25) is 0 Å². The Labute approximate surface area is 38.7 Å². The second-order valence-corrected chi connectivity index (χ2v) is 0. The predicted octanol–water partition coefficient (Wildman–Crippen LogP) is 1.65. The van der Waals surface area contributed by atoms with Gasteiger partial charge >= 0.3 is 0 Å². The van der Waals surface area contributed by atoms with Crippen LogP contribution in [0.5, 0.6) is 0 Å². The molecule has 0 radical (unpaired) electrons. The van der Waals surface area contributed by atoms with Crippen LogP contribution in [0.25, 0.3) is 0 Å². The van der Waals surface area contributed by atoms with Gasteiger partial charge in [-0.15, -0.1) is 38.0 Å². The molecule has 0 aliphatic rings. The molecule has 0 fully saturated rings. The van der Waals surface area contributed by atoms with Gasteiger partial charge in [0.2, 0.25) is 0 Å². The summed E-state index contributed by atoms with van der Waals surface area (Å²) < 4.78 is 0. The fourth-order valence-electron chi connectivity index (χ4n) is 0. The fraction of sp³-hybridized carbons (Fsp3) is 0. The monoisotopic (exact) mass is 100.0 g/mol. The summed E-state index contributed by atoms with van der Waals surface area (Å²) in [7, 11) is 0. The summed E-state index contributed by atoms with van der Waals surface area (Å²) in [5.41, 5.74) is 0. The van der Waals surface area contributed by atoms with Crippen molar-refractivity contribution in [1.82, 2.24) is 0 Å². The zero-order valence-corrected chi connectivity index (χ0v) is 3.86.